The summed E-state index contributed by atoms with van der Waals surface area (Å²) in [5, 5.41) is 2.90. The van der Waals surface area contributed by atoms with E-state index in [0.717, 1.165) is 18.6 Å². The van der Waals surface area contributed by atoms with Crippen LogP contribution in [0.2, 0.25) is 0 Å². The molecule has 0 aliphatic heterocycles. The van der Waals surface area contributed by atoms with Gasteiger partial charge in [-0.3, -0.25) is 4.79 Å². The Bertz CT molecular complexity index is 685. The molecule has 25 heavy (non-hydrogen) atoms. The molecule has 0 aliphatic rings. The third-order valence-corrected chi connectivity index (χ3v) is 3.81. The summed E-state index contributed by atoms with van der Waals surface area (Å²) in [6.07, 6.45) is 2.62. The Hall–Kier alpha value is -2.36. The molecule has 1 N–H and O–H groups in total. The van der Waals surface area contributed by atoms with Crippen LogP contribution >= 0.6 is 0 Å². The highest BCUT2D eigenvalue weighted by atomic mass is 19.1. The van der Waals surface area contributed by atoms with Gasteiger partial charge in [0.15, 0.2) is 0 Å². The van der Waals surface area contributed by atoms with Crippen molar-refractivity contribution in [3.8, 4) is 5.75 Å². The molecule has 0 bridgehead atoms. The second-order valence-electron chi connectivity index (χ2n) is 6.36. The van der Waals surface area contributed by atoms with Crippen molar-refractivity contribution in [2.45, 2.75) is 45.6 Å². The molecule has 0 spiro atoms. The van der Waals surface area contributed by atoms with E-state index >= 15 is 0 Å². The fraction of sp³-hybridized carbons (Fsp3) is 0.381. The summed E-state index contributed by atoms with van der Waals surface area (Å²) >= 11 is 0. The summed E-state index contributed by atoms with van der Waals surface area (Å²) in [5.74, 6) is 0.584. The second kappa shape index (κ2) is 9.82. The molecule has 0 atom stereocenters. The maximum Gasteiger partial charge on any atom is 0.220 e. The fourth-order valence-electron chi connectivity index (χ4n) is 2.60. The van der Waals surface area contributed by atoms with Crippen LogP contribution in [-0.4, -0.2) is 18.6 Å². The van der Waals surface area contributed by atoms with Crippen LogP contribution in [0.3, 0.4) is 0 Å². The Morgan fingerprint density at radius 3 is 2.68 bits per heavy atom. The minimum atomic E-state index is -0.251. The molecule has 2 aromatic carbocycles. The molecule has 2 rings (SSSR count). The van der Waals surface area contributed by atoms with Crippen LogP contribution in [0.25, 0.3) is 0 Å². The number of hydrogen-bond acceptors (Lipinski definition) is 2. The Balaban J connectivity index is 1.67. The molecule has 0 aromatic heterocycles. The molecule has 134 valence electrons. The van der Waals surface area contributed by atoms with E-state index in [0.29, 0.717) is 24.9 Å². The lowest BCUT2D eigenvalue weighted by molar-refractivity contribution is -0.121. The summed E-state index contributed by atoms with van der Waals surface area (Å²) in [5.41, 5.74) is 1.78. The van der Waals surface area contributed by atoms with Crippen molar-refractivity contribution >= 4 is 5.91 Å². The lowest BCUT2D eigenvalue weighted by Gasteiger charge is -2.11. The van der Waals surface area contributed by atoms with Crippen LogP contribution < -0.4 is 10.1 Å². The van der Waals surface area contributed by atoms with E-state index in [2.05, 4.69) is 11.4 Å². The zero-order chi connectivity index (χ0) is 18.1. The first-order chi connectivity index (χ1) is 12.0. The van der Waals surface area contributed by atoms with Crippen molar-refractivity contribution in [1.82, 2.24) is 5.32 Å². The van der Waals surface area contributed by atoms with Crippen molar-refractivity contribution in [1.29, 1.82) is 0 Å². The van der Waals surface area contributed by atoms with Crippen molar-refractivity contribution in [3.63, 3.8) is 0 Å². The number of ether oxygens (including phenoxy) is 1. The second-order valence-corrected chi connectivity index (χ2v) is 6.36. The van der Waals surface area contributed by atoms with Gasteiger partial charge in [0.2, 0.25) is 5.91 Å². The van der Waals surface area contributed by atoms with Crippen molar-refractivity contribution in [3.05, 3.63) is 65.5 Å². The van der Waals surface area contributed by atoms with Gasteiger partial charge in [-0.1, -0.05) is 30.3 Å². The monoisotopic (exact) mass is 343 g/mol. The third kappa shape index (κ3) is 6.96. The van der Waals surface area contributed by atoms with Gasteiger partial charge in [0, 0.05) is 13.0 Å². The third-order valence-electron chi connectivity index (χ3n) is 3.81. The van der Waals surface area contributed by atoms with E-state index in [-0.39, 0.29) is 17.8 Å². The van der Waals surface area contributed by atoms with Crippen LogP contribution in [0.5, 0.6) is 5.75 Å². The van der Waals surface area contributed by atoms with Gasteiger partial charge >= 0.3 is 0 Å². The number of nitrogens with one attached hydrogen (secondary N) is 1. The molecular weight excluding hydrogens is 317 g/mol. The minimum Gasteiger partial charge on any atom is -0.491 e. The summed E-state index contributed by atoms with van der Waals surface area (Å²) in [7, 11) is 0. The number of carbonyl (C=O) groups excluding carboxylic acids is 1. The van der Waals surface area contributed by atoms with Gasteiger partial charge < -0.3 is 10.1 Å². The van der Waals surface area contributed by atoms with E-state index in [9.17, 15) is 9.18 Å². The molecule has 0 fully saturated rings. The first kappa shape index (κ1) is 19.0. The van der Waals surface area contributed by atoms with Gasteiger partial charge in [0.25, 0.3) is 0 Å². The number of hydrogen-bond donors (Lipinski definition) is 1. The normalized spacial score (nSPS) is 10.7. The van der Waals surface area contributed by atoms with Crippen LogP contribution in [0.1, 0.15) is 37.8 Å². The molecule has 0 unspecified atom stereocenters. The van der Waals surface area contributed by atoms with Crippen molar-refractivity contribution < 1.29 is 13.9 Å². The van der Waals surface area contributed by atoms with E-state index in [4.69, 9.17) is 4.74 Å². The van der Waals surface area contributed by atoms with E-state index in [1.807, 2.05) is 32.0 Å². The summed E-state index contributed by atoms with van der Waals surface area (Å²) in [6, 6.07) is 14.6. The molecule has 0 heterocycles. The Labute approximate surface area is 149 Å². The number of rotatable bonds is 9. The largest absolute Gasteiger partial charge is 0.491 e. The van der Waals surface area contributed by atoms with E-state index in [1.165, 1.54) is 11.6 Å². The molecule has 3 nitrogen and oxygen atoms in total. The lowest BCUT2D eigenvalue weighted by atomic mass is 10.1. The number of benzene rings is 2. The fourth-order valence-corrected chi connectivity index (χ4v) is 2.60. The van der Waals surface area contributed by atoms with Gasteiger partial charge in [-0.15, -0.1) is 0 Å². The highest BCUT2D eigenvalue weighted by Gasteiger charge is 2.05. The number of carbonyl (C=O) groups is 1. The zero-order valence-electron chi connectivity index (χ0n) is 14.9. The highest BCUT2D eigenvalue weighted by Crippen LogP contribution is 2.16. The average Bonchev–Trinajstić information content (AvgIpc) is 2.58. The predicted octanol–water partition coefficient (Wildman–Crippen LogP) is 4.29. The molecule has 0 saturated carbocycles. The lowest BCUT2D eigenvalue weighted by Crippen LogP contribution is -2.25. The molecule has 2 aromatic rings. The van der Waals surface area contributed by atoms with E-state index in [1.54, 1.807) is 18.2 Å². The van der Waals surface area contributed by atoms with Crippen LogP contribution in [-0.2, 0) is 17.6 Å². The first-order valence-corrected chi connectivity index (χ1v) is 8.80. The van der Waals surface area contributed by atoms with Gasteiger partial charge in [0.05, 0.1) is 6.10 Å². The minimum absolute atomic E-state index is 0.0415. The number of aryl methyl sites for hydroxylation is 2. The predicted molar refractivity (Wildman–Crippen MR) is 98.3 cm³/mol. The standard InChI is InChI=1S/C21H26FNO2/c1-16(2)25-19-10-5-7-17(15-19)8-6-14-23-21(24)13-12-18-9-3-4-11-20(18)22/h3-5,7,9-11,15-16H,6,8,12-14H2,1-2H3,(H,23,24). The average molecular weight is 343 g/mol. The Morgan fingerprint density at radius 1 is 1.12 bits per heavy atom. The molecule has 0 radical (unpaired) electrons. The molecule has 4 heteroatoms. The van der Waals surface area contributed by atoms with Crippen LogP contribution in [0.4, 0.5) is 4.39 Å². The van der Waals surface area contributed by atoms with E-state index < -0.39 is 0 Å². The Morgan fingerprint density at radius 2 is 1.92 bits per heavy atom. The van der Waals surface area contributed by atoms with Gasteiger partial charge in [-0.2, -0.15) is 0 Å². The van der Waals surface area contributed by atoms with Crippen molar-refractivity contribution in [2.24, 2.45) is 0 Å². The maximum atomic E-state index is 13.5. The van der Waals surface area contributed by atoms with Gasteiger partial charge in [-0.05, 0) is 62.4 Å². The summed E-state index contributed by atoms with van der Waals surface area (Å²) < 4.78 is 19.2. The van der Waals surface area contributed by atoms with Gasteiger partial charge in [0.1, 0.15) is 11.6 Å². The SMILES string of the molecule is CC(C)Oc1cccc(CCCNC(=O)CCc2ccccc2F)c1. The zero-order valence-corrected chi connectivity index (χ0v) is 14.9. The van der Waals surface area contributed by atoms with Gasteiger partial charge in [-0.25, -0.2) is 4.39 Å². The smallest absolute Gasteiger partial charge is 0.220 e. The quantitative estimate of drug-likeness (QED) is 0.690. The van der Waals surface area contributed by atoms with Crippen molar-refractivity contribution in [2.75, 3.05) is 6.54 Å². The molecular formula is C21H26FNO2. The summed E-state index contributed by atoms with van der Waals surface area (Å²) in [4.78, 5) is 11.9. The first-order valence-electron chi connectivity index (χ1n) is 8.80. The highest BCUT2D eigenvalue weighted by molar-refractivity contribution is 5.76. The van der Waals surface area contributed by atoms with Crippen LogP contribution in [0.15, 0.2) is 48.5 Å². The van der Waals surface area contributed by atoms with Crippen LogP contribution in [0, 0.1) is 5.82 Å². The number of halogens is 1. The topological polar surface area (TPSA) is 38.3 Å². The maximum absolute atomic E-state index is 13.5. The number of amides is 1. The molecule has 1 amide bonds. The summed E-state index contributed by atoms with van der Waals surface area (Å²) in [6.45, 7) is 4.62. The molecule has 0 aliphatic carbocycles. The molecule has 0 saturated heterocycles. The Kier molecular flexibility index (Phi) is 7.45.